The molecule has 0 spiro atoms. The number of hydrogen-bond donors (Lipinski definition) is 1. The lowest BCUT2D eigenvalue weighted by atomic mass is 9.95. The topological polar surface area (TPSA) is 114 Å². The van der Waals surface area contributed by atoms with Crippen molar-refractivity contribution in [2.45, 2.75) is 75.9 Å². The lowest BCUT2D eigenvalue weighted by molar-refractivity contribution is -0.140. The minimum atomic E-state index is -4.43. The van der Waals surface area contributed by atoms with Gasteiger partial charge in [-0.15, -0.1) is 0 Å². The van der Waals surface area contributed by atoms with E-state index in [9.17, 15) is 18.0 Å². The van der Waals surface area contributed by atoms with Gasteiger partial charge in [0.15, 0.2) is 11.5 Å². The van der Waals surface area contributed by atoms with E-state index in [2.05, 4.69) is 5.32 Å². The molecule has 1 aliphatic carbocycles. The number of hydrogen-bond acceptors (Lipinski definition) is 7. The molecule has 2 amide bonds. The van der Waals surface area contributed by atoms with E-state index in [0.29, 0.717) is 12.2 Å². The maximum absolute atomic E-state index is 14.5. The zero-order valence-electron chi connectivity index (χ0n) is 27.6. The molecular formula is C35H44ClN3O7S. The highest BCUT2D eigenvalue weighted by Crippen LogP contribution is 2.37. The molecule has 47 heavy (non-hydrogen) atoms. The Balaban J connectivity index is 1.79. The van der Waals surface area contributed by atoms with E-state index in [0.717, 1.165) is 47.5 Å². The third kappa shape index (κ3) is 8.70. The minimum Gasteiger partial charge on any atom is -0.495 e. The van der Waals surface area contributed by atoms with Crippen molar-refractivity contribution in [2.24, 2.45) is 0 Å². The second-order valence-electron chi connectivity index (χ2n) is 11.6. The van der Waals surface area contributed by atoms with Crippen LogP contribution in [-0.2, 0) is 26.2 Å². The van der Waals surface area contributed by atoms with Crippen molar-refractivity contribution in [1.82, 2.24) is 10.2 Å². The highest BCUT2D eigenvalue weighted by molar-refractivity contribution is 7.92. The smallest absolute Gasteiger partial charge is 0.265 e. The monoisotopic (exact) mass is 685 g/mol. The molecule has 1 unspecified atom stereocenters. The number of benzene rings is 3. The maximum Gasteiger partial charge on any atom is 0.265 e. The van der Waals surface area contributed by atoms with Crippen LogP contribution in [0.25, 0.3) is 0 Å². The number of carbonyl (C=O) groups excluding carboxylic acids is 2. The largest absolute Gasteiger partial charge is 0.495 e. The summed E-state index contributed by atoms with van der Waals surface area (Å²) in [5, 5.41) is 3.41. The van der Waals surface area contributed by atoms with Gasteiger partial charge in [-0.1, -0.05) is 67.6 Å². The Morgan fingerprint density at radius 3 is 2.23 bits per heavy atom. The number of carbonyl (C=O) groups is 2. The van der Waals surface area contributed by atoms with E-state index in [-0.39, 0.29) is 45.6 Å². The van der Waals surface area contributed by atoms with Gasteiger partial charge in [-0.3, -0.25) is 13.9 Å². The lowest BCUT2D eigenvalue weighted by Crippen LogP contribution is -2.54. The molecule has 3 aromatic rings. The molecule has 0 bridgehead atoms. The summed E-state index contributed by atoms with van der Waals surface area (Å²) >= 11 is 6.37. The molecule has 0 aliphatic heterocycles. The van der Waals surface area contributed by atoms with E-state index in [1.165, 1.54) is 56.6 Å². The van der Waals surface area contributed by atoms with Crippen LogP contribution >= 0.6 is 11.6 Å². The number of methoxy groups -OCH3 is 3. The molecule has 0 heterocycles. The summed E-state index contributed by atoms with van der Waals surface area (Å²) in [6, 6.07) is 15.6. The number of ether oxygens (including phenoxy) is 3. The van der Waals surface area contributed by atoms with Crippen LogP contribution in [0.15, 0.2) is 65.6 Å². The standard InChI is InChI=1S/C35H44ClN3O7S/c1-6-29(35(41)37-27-13-8-7-9-14-27)38(22-25-12-10-11-24(2)19-25)34(40)23-39(30-20-26(36)15-17-31(30)44-3)47(42,43)28-16-18-32(45-4)33(21-28)46-5/h10-12,15-21,27,29H,6-9,13-14,22-23H2,1-5H3,(H,37,41). The second-order valence-corrected chi connectivity index (χ2v) is 13.9. The Labute approximate surface area is 283 Å². The zero-order valence-corrected chi connectivity index (χ0v) is 29.2. The van der Waals surface area contributed by atoms with Gasteiger partial charge in [-0.2, -0.15) is 0 Å². The van der Waals surface area contributed by atoms with Crippen LogP contribution in [0, 0.1) is 6.92 Å². The Kier molecular flexibility index (Phi) is 12.4. The second kappa shape index (κ2) is 16.2. The first kappa shape index (κ1) is 35.9. The molecule has 254 valence electrons. The number of nitrogens with one attached hydrogen (secondary N) is 1. The fraction of sp³-hybridized carbons (Fsp3) is 0.429. The quantitative estimate of drug-likeness (QED) is 0.217. The van der Waals surface area contributed by atoms with Crippen molar-refractivity contribution in [2.75, 3.05) is 32.2 Å². The average molecular weight is 686 g/mol. The number of sulfonamides is 1. The predicted molar refractivity (Wildman–Crippen MR) is 183 cm³/mol. The van der Waals surface area contributed by atoms with Gasteiger partial charge < -0.3 is 24.4 Å². The van der Waals surface area contributed by atoms with Crippen molar-refractivity contribution in [3.8, 4) is 17.2 Å². The Morgan fingerprint density at radius 1 is 0.915 bits per heavy atom. The van der Waals surface area contributed by atoms with Gasteiger partial charge in [0.1, 0.15) is 18.3 Å². The fourth-order valence-electron chi connectivity index (χ4n) is 5.95. The number of nitrogens with zero attached hydrogens (tertiary/aromatic N) is 2. The van der Waals surface area contributed by atoms with Gasteiger partial charge in [-0.05, 0) is 62.1 Å². The van der Waals surface area contributed by atoms with Crippen molar-refractivity contribution < 1.29 is 32.2 Å². The molecule has 1 N–H and O–H groups in total. The Hall–Kier alpha value is -3.96. The molecule has 4 rings (SSSR count). The van der Waals surface area contributed by atoms with Gasteiger partial charge in [0.25, 0.3) is 10.0 Å². The minimum absolute atomic E-state index is 0.0406. The number of aryl methyl sites for hydroxylation is 1. The highest BCUT2D eigenvalue weighted by Gasteiger charge is 2.36. The van der Waals surface area contributed by atoms with Gasteiger partial charge >= 0.3 is 0 Å². The lowest BCUT2D eigenvalue weighted by Gasteiger charge is -2.34. The van der Waals surface area contributed by atoms with Crippen molar-refractivity contribution in [3.63, 3.8) is 0 Å². The first-order valence-corrected chi connectivity index (χ1v) is 17.6. The summed E-state index contributed by atoms with van der Waals surface area (Å²) in [7, 11) is -0.174. The number of amides is 2. The van der Waals surface area contributed by atoms with Crippen LogP contribution in [-0.4, -0.2) is 65.1 Å². The average Bonchev–Trinajstić information content (AvgIpc) is 3.07. The third-order valence-electron chi connectivity index (χ3n) is 8.40. The molecule has 0 saturated heterocycles. The van der Waals surface area contributed by atoms with E-state index >= 15 is 0 Å². The summed E-state index contributed by atoms with van der Waals surface area (Å²) < 4.78 is 46.1. The zero-order chi connectivity index (χ0) is 34.1. The highest BCUT2D eigenvalue weighted by atomic mass is 35.5. The summed E-state index contributed by atoms with van der Waals surface area (Å²) in [6.07, 6.45) is 5.33. The fourth-order valence-corrected chi connectivity index (χ4v) is 7.55. The van der Waals surface area contributed by atoms with Crippen LogP contribution in [0.4, 0.5) is 5.69 Å². The van der Waals surface area contributed by atoms with Crippen LogP contribution in [0.3, 0.4) is 0 Å². The van der Waals surface area contributed by atoms with Gasteiger partial charge in [0, 0.05) is 23.7 Å². The molecule has 12 heteroatoms. The number of halogens is 1. The SMILES string of the molecule is CCC(C(=O)NC1CCCCC1)N(Cc1cccc(C)c1)C(=O)CN(c1cc(Cl)ccc1OC)S(=O)(=O)c1ccc(OC)c(OC)c1. The molecule has 10 nitrogen and oxygen atoms in total. The number of rotatable bonds is 14. The third-order valence-corrected chi connectivity index (χ3v) is 10.4. The molecule has 1 saturated carbocycles. The molecule has 1 fully saturated rings. The van der Waals surface area contributed by atoms with Crippen LogP contribution in [0.5, 0.6) is 17.2 Å². The molecule has 0 radical (unpaired) electrons. The Bertz CT molecular complexity index is 1660. The van der Waals surface area contributed by atoms with Gasteiger partial charge in [0.05, 0.1) is 31.9 Å². The first-order valence-electron chi connectivity index (χ1n) is 15.8. The van der Waals surface area contributed by atoms with Crippen LogP contribution in [0.1, 0.15) is 56.6 Å². The van der Waals surface area contributed by atoms with Crippen molar-refractivity contribution in [1.29, 1.82) is 0 Å². The number of anilines is 1. The van der Waals surface area contributed by atoms with E-state index in [4.69, 9.17) is 25.8 Å². The molecular weight excluding hydrogens is 642 g/mol. The summed E-state index contributed by atoms with van der Waals surface area (Å²) in [5.74, 6) is -0.0882. The van der Waals surface area contributed by atoms with Crippen molar-refractivity contribution >= 4 is 39.1 Å². The van der Waals surface area contributed by atoms with Crippen LogP contribution in [0.2, 0.25) is 5.02 Å². The molecule has 1 aliphatic rings. The molecule has 1 atom stereocenters. The van der Waals surface area contributed by atoms with Crippen LogP contribution < -0.4 is 23.8 Å². The van der Waals surface area contributed by atoms with E-state index < -0.39 is 28.5 Å². The summed E-state index contributed by atoms with van der Waals surface area (Å²) in [5.41, 5.74) is 1.88. The predicted octanol–water partition coefficient (Wildman–Crippen LogP) is 6.13. The van der Waals surface area contributed by atoms with Gasteiger partial charge in [0.2, 0.25) is 11.8 Å². The van der Waals surface area contributed by atoms with Crippen molar-refractivity contribution in [3.05, 3.63) is 76.8 Å². The summed E-state index contributed by atoms with van der Waals surface area (Å²) in [4.78, 5) is 29.6. The van der Waals surface area contributed by atoms with Gasteiger partial charge in [-0.25, -0.2) is 8.42 Å². The Morgan fingerprint density at radius 2 is 1.60 bits per heavy atom. The maximum atomic E-state index is 14.5. The van der Waals surface area contributed by atoms with E-state index in [1.807, 2.05) is 38.1 Å². The van der Waals surface area contributed by atoms with E-state index in [1.54, 1.807) is 6.07 Å². The molecule has 3 aromatic carbocycles. The first-order chi connectivity index (χ1) is 22.5. The normalized spacial score (nSPS) is 14.2. The molecule has 0 aromatic heterocycles. The summed E-state index contributed by atoms with van der Waals surface area (Å²) in [6.45, 7) is 3.27.